The van der Waals surface area contributed by atoms with Crippen molar-refractivity contribution in [3.05, 3.63) is 29.3 Å². The molecule has 0 amide bonds. The van der Waals surface area contributed by atoms with E-state index in [0.29, 0.717) is 6.61 Å². The Morgan fingerprint density at radius 1 is 1.53 bits per heavy atom. The van der Waals surface area contributed by atoms with Gasteiger partial charge in [-0.15, -0.1) is 0 Å². The van der Waals surface area contributed by atoms with Crippen molar-refractivity contribution in [3.63, 3.8) is 0 Å². The Morgan fingerprint density at radius 3 is 2.73 bits per heavy atom. The predicted molar refractivity (Wildman–Crippen MR) is 64.7 cm³/mol. The maximum Gasteiger partial charge on any atom is 0.147 e. The summed E-state index contributed by atoms with van der Waals surface area (Å²) in [5.74, 6) is 0.902. The fourth-order valence-corrected chi connectivity index (χ4v) is 1.80. The Bertz CT molecular complexity index is 361. The molecule has 0 bridgehead atoms. The molecule has 0 N–H and O–H groups in total. The van der Waals surface area contributed by atoms with Crippen molar-refractivity contribution >= 4 is 21.7 Å². The van der Waals surface area contributed by atoms with Crippen molar-refractivity contribution in [1.82, 2.24) is 0 Å². The average molecular weight is 271 g/mol. The minimum atomic E-state index is -0.279. The van der Waals surface area contributed by atoms with Crippen molar-refractivity contribution in [2.45, 2.75) is 25.6 Å². The van der Waals surface area contributed by atoms with Crippen molar-refractivity contribution in [1.29, 1.82) is 0 Å². The second-order valence-electron chi connectivity index (χ2n) is 3.40. The van der Waals surface area contributed by atoms with Crippen LogP contribution in [-0.4, -0.2) is 12.4 Å². The van der Waals surface area contributed by atoms with E-state index in [1.807, 2.05) is 32.0 Å². The Morgan fingerprint density at radius 2 is 2.20 bits per heavy atom. The van der Waals surface area contributed by atoms with Crippen molar-refractivity contribution in [2.24, 2.45) is 0 Å². The average Bonchev–Trinajstić information content (AvgIpc) is 2.20. The minimum Gasteiger partial charge on any atom is -0.493 e. The van der Waals surface area contributed by atoms with Gasteiger partial charge in [-0.1, -0.05) is 34.1 Å². The van der Waals surface area contributed by atoms with Gasteiger partial charge in [-0.2, -0.15) is 0 Å². The second-order valence-corrected chi connectivity index (χ2v) is 4.32. The van der Waals surface area contributed by atoms with E-state index in [4.69, 9.17) is 4.74 Å². The molecule has 2 nitrogen and oxygen atoms in total. The van der Waals surface area contributed by atoms with Gasteiger partial charge in [-0.05, 0) is 26.3 Å². The van der Waals surface area contributed by atoms with Gasteiger partial charge in [0, 0.05) is 5.56 Å². The van der Waals surface area contributed by atoms with Crippen molar-refractivity contribution in [2.75, 3.05) is 6.61 Å². The zero-order valence-electron chi connectivity index (χ0n) is 9.21. The summed E-state index contributed by atoms with van der Waals surface area (Å²) in [6.45, 7) is 6.09. The molecule has 0 fully saturated rings. The topological polar surface area (TPSA) is 26.3 Å². The monoisotopic (exact) mass is 270 g/mol. The lowest BCUT2D eigenvalue weighted by Crippen LogP contribution is -2.05. The first-order chi connectivity index (χ1) is 7.07. The van der Waals surface area contributed by atoms with E-state index in [1.54, 1.807) is 6.92 Å². The number of benzene rings is 1. The van der Waals surface area contributed by atoms with E-state index in [-0.39, 0.29) is 10.6 Å². The molecule has 0 aliphatic rings. The van der Waals surface area contributed by atoms with E-state index in [9.17, 15) is 4.79 Å². The molecule has 15 heavy (non-hydrogen) atoms. The first-order valence-corrected chi connectivity index (χ1v) is 5.86. The van der Waals surface area contributed by atoms with Gasteiger partial charge in [0.05, 0.1) is 6.61 Å². The highest BCUT2D eigenvalue weighted by molar-refractivity contribution is 9.09. The van der Waals surface area contributed by atoms with Crippen LogP contribution in [0.15, 0.2) is 18.2 Å². The van der Waals surface area contributed by atoms with Crippen LogP contribution in [-0.2, 0) is 4.79 Å². The molecule has 3 heteroatoms. The summed E-state index contributed by atoms with van der Waals surface area (Å²) < 4.78 is 5.56. The Labute approximate surface area is 98.8 Å². The third-order valence-electron chi connectivity index (χ3n) is 2.16. The van der Waals surface area contributed by atoms with Crippen LogP contribution in [0.25, 0.3) is 0 Å². The van der Waals surface area contributed by atoms with Gasteiger partial charge in [-0.25, -0.2) is 0 Å². The van der Waals surface area contributed by atoms with Gasteiger partial charge in [-0.3, -0.25) is 4.79 Å². The van der Waals surface area contributed by atoms with E-state index in [1.165, 1.54) is 0 Å². The molecule has 0 aliphatic heterocycles. The minimum absolute atomic E-state index is 0.0848. The maximum absolute atomic E-state index is 11.3. The zero-order chi connectivity index (χ0) is 11.4. The van der Waals surface area contributed by atoms with E-state index in [0.717, 1.165) is 16.9 Å². The molecule has 1 unspecified atom stereocenters. The molecule has 1 aromatic rings. The number of hydrogen-bond acceptors (Lipinski definition) is 2. The summed E-state index contributed by atoms with van der Waals surface area (Å²) >= 11 is 3.38. The molecule has 0 radical (unpaired) electrons. The second kappa shape index (κ2) is 5.31. The lowest BCUT2D eigenvalue weighted by Gasteiger charge is -2.15. The number of Topliss-reactive ketones (excluding diaryl/α,β-unsaturated/α-hetero) is 1. The largest absolute Gasteiger partial charge is 0.493 e. The van der Waals surface area contributed by atoms with Crippen LogP contribution in [0.1, 0.15) is 29.8 Å². The van der Waals surface area contributed by atoms with Gasteiger partial charge in [0.1, 0.15) is 16.4 Å². The van der Waals surface area contributed by atoms with Crippen LogP contribution in [0.2, 0.25) is 0 Å². The molecule has 0 saturated heterocycles. The standard InChI is InChI=1S/C12H15BrO2/c1-4-15-12-8(2)6-5-7-10(12)11(13)9(3)14/h5-7,11H,4H2,1-3H3. The molecule has 82 valence electrons. The van der Waals surface area contributed by atoms with Gasteiger partial charge in [0.2, 0.25) is 0 Å². The Hall–Kier alpha value is -0.830. The summed E-state index contributed by atoms with van der Waals surface area (Å²) in [5, 5.41) is 0. The van der Waals surface area contributed by atoms with Gasteiger partial charge in [0.15, 0.2) is 0 Å². The number of halogens is 1. The van der Waals surface area contributed by atoms with Gasteiger partial charge >= 0.3 is 0 Å². The van der Waals surface area contributed by atoms with Gasteiger partial charge < -0.3 is 4.74 Å². The van der Waals surface area contributed by atoms with Crippen LogP contribution in [0.4, 0.5) is 0 Å². The van der Waals surface area contributed by atoms with Crippen molar-refractivity contribution < 1.29 is 9.53 Å². The molecule has 1 aromatic carbocycles. The molecule has 0 aromatic heterocycles. The SMILES string of the molecule is CCOc1c(C)cccc1C(Br)C(C)=O. The number of carbonyl (C=O) groups is 1. The number of ether oxygens (including phenoxy) is 1. The highest BCUT2D eigenvalue weighted by Gasteiger charge is 2.18. The number of aryl methyl sites for hydroxylation is 1. The molecular weight excluding hydrogens is 256 g/mol. The fraction of sp³-hybridized carbons (Fsp3) is 0.417. The van der Waals surface area contributed by atoms with E-state index in [2.05, 4.69) is 15.9 Å². The Balaban J connectivity index is 3.15. The van der Waals surface area contributed by atoms with Crippen molar-refractivity contribution in [3.8, 4) is 5.75 Å². The highest BCUT2D eigenvalue weighted by atomic mass is 79.9. The maximum atomic E-state index is 11.3. The molecular formula is C12H15BrO2. The lowest BCUT2D eigenvalue weighted by molar-refractivity contribution is -0.116. The summed E-state index contributed by atoms with van der Waals surface area (Å²) in [6.07, 6.45) is 0. The van der Waals surface area contributed by atoms with E-state index >= 15 is 0 Å². The van der Waals surface area contributed by atoms with Crippen LogP contribution >= 0.6 is 15.9 Å². The first-order valence-electron chi connectivity index (χ1n) is 4.94. The normalized spacial score (nSPS) is 12.3. The number of rotatable bonds is 4. The fourth-order valence-electron chi connectivity index (χ4n) is 1.44. The summed E-state index contributed by atoms with van der Waals surface area (Å²) in [5.41, 5.74) is 1.96. The summed E-state index contributed by atoms with van der Waals surface area (Å²) in [6, 6.07) is 5.83. The molecule has 0 aliphatic carbocycles. The molecule has 0 saturated carbocycles. The number of para-hydroxylation sites is 1. The van der Waals surface area contributed by atoms with E-state index < -0.39 is 0 Å². The summed E-state index contributed by atoms with van der Waals surface area (Å²) in [4.78, 5) is 11.0. The zero-order valence-corrected chi connectivity index (χ0v) is 10.8. The number of alkyl halides is 1. The number of carbonyl (C=O) groups excluding carboxylic acids is 1. The smallest absolute Gasteiger partial charge is 0.147 e. The van der Waals surface area contributed by atoms with Crippen LogP contribution in [0.5, 0.6) is 5.75 Å². The van der Waals surface area contributed by atoms with Crippen LogP contribution in [0, 0.1) is 6.92 Å². The molecule has 1 rings (SSSR count). The summed E-state index contributed by atoms with van der Waals surface area (Å²) in [7, 11) is 0. The predicted octanol–water partition coefficient (Wildman–Crippen LogP) is 3.42. The molecule has 0 spiro atoms. The quantitative estimate of drug-likeness (QED) is 0.784. The third kappa shape index (κ3) is 2.81. The van der Waals surface area contributed by atoms with Gasteiger partial charge in [0.25, 0.3) is 0 Å². The lowest BCUT2D eigenvalue weighted by atomic mass is 10.0. The third-order valence-corrected chi connectivity index (χ3v) is 3.30. The Kier molecular flexibility index (Phi) is 4.33. The van der Waals surface area contributed by atoms with Crippen LogP contribution in [0.3, 0.4) is 0 Å². The molecule has 1 atom stereocenters. The highest BCUT2D eigenvalue weighted by Crippen LogP contribution is 2.34. The number of ketones is 1. The van der Waals surface area contributed by atoms with Crippen LogP contribution < -0.4 is 4.74 Å². The number of hydrogen-bond donors (Lipinski definition) is 0. The first kappa shape index (κ1) is 12.2. The molecule has 0 heterocycles.